The first-order valence-corrected chi connectivity index (χ1v) is 5.85. The molecule has 16 heavy (non-hydrogen) atoms. The van der Waals surface area contributed by atoms with Gasteiger partial charge in [0.25, 0.3) is 5.91 Å². The Labute approximate surface area is 95.6 Å². The number of nitrogens with zero attached hydrogens (tertiary/aromatic N) is 1. The molecule has 1 fully saturated rings. The van der Waals surface area contributed by atoms with E-state index in [1.54, 1.807) is 0 Å². The predicted molar refractivity (Wildman–Crippen MR) is 61.2 cm³/mol. The molecule has 90 valence electrons. The summed E-state index contributed by atoms with van der Waals surface area (Å²) in [5.74, 6) is 0.367. The molecular weight excluding hydrogens is 206 g/mol. The molecule has 2 heterocycles. The largest absolute Gasteiger partial charge is 0.387 e. The lowest BCUT2D eigenvalue weighted by Crippen LogP contribution is -2.37. The van der Waals surface area contributed by atoms with Crippen LogP contribution < -0.4 is 10.6 Å². The highest BCUT2D eigenvalue weighted by Crippen LogP contribution is 2.29. The fourth-order valence-corrected chi connectivity index (χ4v) is 1.99. The van der Waals surface area contributed by atoms with Gasteiger partial charge in [-0.05, 0) is 12.5 Å². The van der Waals surface area contributed by atoms with E-state index in [-0.39, 0.29) is 11.5 Å². The van der Waals surface area contributed by atoms with Crippen LogP contribution >= 0.6 is 0 Å². The number of amides is 1. The van der Waals surface area contributed by atoms with Crippen LogP contribution in [-0.4, -0.2) is 36.9 Å². The summed E-state index contributed by atoms with van der Waals surface area (Å²) < 4.78 is 0. The first-order valence-electron chi connectivity index (χ1n) is 5.85. The van der Waals surface area contributed by atoms with Gasteiger partial charge in [0.15, 0.2) is 5.60 Å². The highest BCUT2D eigenvalue weighted by atomic mass is 16.7. The molecule has 0 aromatic heterocycles. The predicted octanol–water partition coefficient (Wildman–Crippen LogP) is 0.267. The quantitative estimate of drug-likeness (QED) is 0.724. The second kappa shape index (κ2) is 4.41. The normalized spacial score (nSPS) is 28.3. The summed E-state index contributed by atoms with van der Waals surface area (Å²) in [7, 11) is 0. The van der Waals surface area contributed by atoms with Crippen LogP contribution in [0.4, 0.5) is 0 Å². The van der Waals surface area contributed by atoms with Crippen LogP contribution in [0.25, 0.3) is 0 Å². The first-order chi connectivity index (χ1) is 7.61. The zero-order chi connectivity index (χ0) is 11.6. The monoisotopic (exact) mass is 225 g/mol. The van der Waals surface area contributed by atoms with E-state index in [0.29, 0.717) is 24.6 Å². The molecule has 0 aromatic rings. The highest BCUT2D eigenvalue weighted by molar-refractivity contribution is 6.39. The van der Waals surface area contributed by atoms with E-state index in [1.807, 2.05) is 0 Å². The maximum atomic E-state index is 11.7. The van der Waals surface area contributed by atoms with Gasteiger partial charge in [-0.3, -0.25) is 4.79 Å². The SMILES string of the molecule is CC(C)CNC(=O)C1=NO[C@]2(CCNC2)C1. The van der Waals surface area contributed by atoms with Crippen molar-refractivity contribution in [1.29, 1.82) is 0 Å². The Bertz CT molecular complexity index is 306. The summed E-state index contributed by atoms with van der Waals surface area (Å²) >= 11 is 0. The third-order valence-corrected chi connectivity index (χ3v) is 2.98. The Morgan fingerprint density at radius 2 is 2.50 bits per heavy atom. The third-order valence-electron chi connectivity index (χ3n) is 2.98. The summed E-state index contributed by atoms with van der Waals surface area (Å²) in [5.41, 5.74) is 0.286. The van der Waals surface area contributed by atoms with Crippen LogP contribution in [0.5, 0.6) is 0 Å². The summed E-state index contributed by atoms with van der Waals surface area (Å²) in [6.45, 7) is 6.54. The molecule has 1 amide bonds. The first kappa shape index (κ1) is 11.4. The van der Waals surface area contributed by atoms with Gasteiger partial charge in [0.1, 0.15) is 5.71 Å². The van der Waals surface area contributed by atoms with Crippen LogP contribution in [0.15, 0.2) is 5.16 Å². The fourth-order valence-electron chi connectivity index (χ4n) is 1.99. The Morgan fingerprint density at radius 1 is 1.69 bits per heavy atom. The highest BCUT2D eigenvalue weighted by Gasteiger charge is 2.43. The fraction of sp³-hybridized carbons (Fsp3) is 0.818. The molecule has 5 nitrogen and oxygen atoms in total. The molecule has 2 rings (SSSR count). The van der Waals surface area contributed by atoms with Crippen molar-refractivity contribution in [1.82, 2.24) is 10.6 Å². The summed E-state index contributed by atoms with van der Waals surface area (Å²) in [6.07, 6.45) is 1.56. The zero-order valence-corrected chi connectivity index (χ0v) is 9.88. The van der Waals surface area contributed by atoms with Gasteiger partial charge in [-0.15, -0.1) is 0 Å². The Morgan fingerprint density at radius 3 is 3.12 bits per heavy atom. The average molecular weight is 225 g/mol. The van der Waals surface area contributed by atoms with Gasteiger partial charge >= 0.3 is 0 Å². The third kappa shape index (κ3) is 2.35. The van der Waals surface area contributed by atoms with Gasteiger partial charge < -0.3 is 15.5 Å². The lowest BCUT2D eigenvalue weighted by Gasteiger charge is -2.18. The average Bonchev–Trinajstić information content (AvgIpc) is 2.86. The topological polar surface area (TPSA) is 62.7 Å². The molecular formula is C11H19N3O2. The molecule has 0 radical (unpaired) electrons. The molecule has 0 unspecified atom stereocenters. The number of carbonyl (C=O) groups is 1. The molecule has 2 aliphatic rings. The van der Waals surface area contributed by atoms with Crippen molar-refractivity contribution < 1.29 is 9.63 Å². The van der Waals surface area contributed by atoms with Gasteiger partial charge in [-0.2, -0.15) is 0 Å². The molecule has 0 saturated carbocycles. The maximum absolute atomic E-state index is 11.7. The minimum Gasteiger partial charge on any atom is -0.387 e. The van der Waals surface area contributed by atoms with Gasteiger partial charge in [0.05, 0.1) is 0 Å². The standard InChI is InChI=1S/C11H19N3O2/c1-8(2)6-13-10(15)9-5-11(16-14-9)3-4-12-7-11/h8,12H,3-7H2,1-2H3,(H,13,15)/t11-/m1/s1. The van der Waals surface area contributed by atoms with Crippen molar-refractivity contribution in [2.75, 3.05) is 19.6 Å². The van der Waals surface area contributed by atoms with Crippen molar-refractivity contribution in [3.8, 4) is 0 Å². The number of nitrogens with one attached hydrogen (secondary N) is 2. The maximum Gasteiger partial charge on any atom is 0.269 e. The number of hydrogen-bond acceptors (Lipinski definition) is 4. The molecule has 0 aromatic carbocycles. The number of rotatable bonds is 3. The molecule has 0 bridgehead atoms. The molecule has 5 heteroatoms. The lowest BCUT2D eigenvalue weighted by molar-refractivity contribution is -0.115. The van der Waals surface area contributed by atoms with Crippen LogP contribution in [0.3, 0.4) is 0 Å². The van der Waals surface area contributed by atoms with Gasteiger partial charge in [-0.1, -0.05) is 19.0 Å². The molecule has 1 atom stereocenters. The number of hydrogen-bond donors (Lipinski definition) is 2. The second-order valence-corrected chi connectivity index (χ2v) is 5.02. The molecule has 1 saturated heterocycles. The van der Waals surface area contributed by atoms with Crippen LogP contribution in [0, 0.1) is 5.92 Å². The van der Waals surface area contributed by atoms with Crippen molar-refractivity contribution in [2.45, 2.75) is 32.3 Å². The molecule has 1 spiro atoms. The van der Waals surface area contributed by atoms with E-state index in [0.717, 1.165) is 19.5 Å². The van der Waals surface area contributed by atoms with Crippen molar-refractivity contribution in [3.05, 3.63) is 0 Å². The summed E-state index contributed by atoms with van der Waals surface area (Å²) in [5, 5.41) is 10.0. The zero-order valence-electron chi connectivity index (χ0n) is 9.88. The summed E-state index contributed by atoms with van der Waals surface area (Å²) in [6, 6.07) is 0. The van der Waals surface area contributed by atoms with Crippen molar-refractivity contribution >= 4 is 11.6 Å². The van der Waals surface area contributed by atoms with E-state index < -0.39 is 0 Å². The van der Waals surface area contributed by atoms with Gasteiger partial charge in [0, 0.05) is 25.9 Å². The Balaban J connectivity index is 1.85. The molecule has 2 aliphatic heterocycles. The minimum absolute atomic E-state index is 0.0857. The minimum atomic E-state index is -0.246. The lowest BCUT2D eigenvalue weighted by atomic mass is 9.96. The van der Waals surface area contributed by atoms with E-state index in [4.69, 9.17) is 4.84 Å². The Hall–Kier alpha value is -1.10. The van der Waals surface area contributed by atoms with Gasteiger partial charge in [-0.25, -0.2) is 0 Å². The van der Waals surface area contributed by atoms with Gasteiger partial charge in [0.2, 0.25) is 0 Å². The van der Waals surface area contributed by atoms with E-state index in [1.165, 1.54) is 0 Å². The Kier molecular flexibility index (Phi) is 3.14. The number of oxime groups is 1. The van der Waals surface area contributed by atoms with Crippen LogP contribution in [0.1, 0.15) is 26.7 Å². The molecule has 0 aliphatic carbocycles. The van der Waals surface area contributed by atoms with E-state index >= 15 is 0 Å². The summed E-state index contributed by atoms with van der Waals surface area (Å²) in [4.78, 5) is 17.2. The van der Waals surface area contributed by atoms with E-state index in [2.05, 4.69) is 29.6 Å². The van der Waals surface area contributed by atoms with E-state index in [9.17, 15) is 4.79 Å². The van der Waals surface area contributed by atoms with Crippen molar-refractivity contribution in [2.24, 2.45) is 11.1 Å². The van der Waals surface area contributed by atoms with Crippen LogP contribution in [-0.2, 0) is 9.63 Å². The second-order valence-electron chi connectivity index (χ2n) is 5.02. The van der Waals surface area contributed by atoms with Crippen LogP contribution in [0.2, 0.25) is 0 Å². The van der Waals surface area contributed by atoms with Crippen molar-refractivity contribution in [3.63, 3.8) is 0 Å². The number of carbonyl (C=O) groups excluding carboxylic acids is 1. The molecule has 2 N–H and O–H groups in total. The smallest absolute Gasteiger partial charge is 0.269 e.